The van der Waals surface area contributed by atoms with Gasteiger partial charge in [0.25, 0.3) is 0 Å². The summed E-state index contributed by atoms with van der Waals surface area (Å²) in [4.78, 5) is 49.8. The van der Waals surface area contributed by atoms with Gasteiger partial charge in [0.05, 0.1) is 0 Å². The first-order valence-electron chi connectivity index (χ1n) is 9.25. The smallest absolute Gasteiger partial charge is 0.417 e. The number of Topliss-reactive ketones (excluding diaryl/α,β-unsaturated/α-hetero) is 1. The number of carbonyl (C=O) groups excluding carboxylic acids is 4. The van der Waals surface area contributed by atoms with E-state index in [1.807, 2.05) is 13.0 Å². The first kappa shape index (κ1) is 20.3. The monoisotopic (exact) mass is 395 g/mol. The normalized spacial score (nSPS) is 15.8. The van der Waals surface area contributed by atoms with Crippen molar-refractivity contribution in [3.05, 3.63) is 71.3 Å². The molecule has 0 spiro atoms. The molecule has 0 aliphatic carbocycles. The van der Waals surface area contributed by atoms with E-state index in [2.05, 4.69) is 0 Å². The number of hydrogen-bond donors (Lipinski definition) is 0. The van der Waals surface area contributed by atoms with E-state index < -0.39 is 30.6 Å². The summed E-state index contributed by atoms with van der Waals surface area (Å²) in [6, 6.07) is 14.8. The molecule has 2 aromatic carbocycles. The fraction of sp³-hybridized carbons (Fsp3) is 0.273. The van der Waals surface area contributed by atoms with Crippen molar-refractivity contribution in [2.24, 2.45) is 0 Å². The van der Waals surface area contributed by atoms with Crippen LogP contribution >= 0.6 is 0 Å². The summed E-state index contributed by atoms with van der Waals surface area (Å²) in [7, 11) is 0. The predicted molar refractivity (Wildman–Crippen MR) is 103 cm³/mol. The number of carbonyl (C=O) groups is 4. The highest BCUT2D eigenvalue weighted by molar-refractivity contribution is 6.01. The summed E-state index contributed by atoms with van der Waals surface area (Å²) in [6.45, 7) is 1.42. The zero-order valence-electron chi connectivity index (χ0n) is 16.0. The summed E-state index contributed by atoms with van der Waals surface area (Å²) in [6.07, 6.45) is -0.730. The average molecular weight is 395 g/mol. The number of ketones is 1. The summed E-state index contributed by atoms with van der Waals surface area (Å²) in [5.74, 6) is -1.66. The number of hydrogen-bond acceptors (Lipinski definition) is 6. The molecule has 29 heavy (non-hydrogen) atoms. The molecule has 7 nitrogen and oxygen atoms in total. The molecule has 0 radical (unpaired) electrons. The third-order valence-corrected chi connectivity index (χ3v) is 4.60. The van der Waals surface area contributed by atoms with Gasteiger partial charge in [0, 0.05) is 12.0 Å². The minimum absolute atomic E-state index is 0.0167. The molecule has 1 atom stereocenters. The average Bonchev–Trinajstić information content (AvgIpc) is 3.13. The second-order valence-electron chi connectivity index (χ2n) is 6.76. The third-order valence-electron chi connectivity index (χ3n) is 4.60. The van der Waals surface area contributed by atoms with Crippen LogP contribution in [0.1, 0.15) is 34.3 Å². The number of likely N-dealkylation sites (tertiary alicyclic amines) is 1. The van der Waals surface area contributed by atoms with E-state index in [4.69, 9.17) is 9.47 Å². The molecule has 1 aliphatic rings. The molecule has 0 N–H and O–H groups in total. The molecule has 1 heterocycles. The first-order chi connectivity index (χ1) is 14.0. The van der Waals surface area contributed by atoms with Crippen LogP contribution in [-0.4, -0.2) is 41.3 Å². The van der Waals surface area contributed by atoms with Gasteiger partial charge in [0.1, 0.15) is 12.6 Å². The fourth-order valence-electron chi connectivity index (χ4n) is 2.98. The highest BCUT2D eigenvalue weighted by Crippen LogP contribution is 2.21. The maximum absolute atomic E-state index is 12.4. The van der Waals surface area contributed by atoms with E-state index in [9.17, 15) is 19.2 Å². The zero-order valence-corrected chi connectivity index (χ0v) is 16.0. The first-order valence-corrected chi connectivity index (χ1v) is 9.25. The lowest BCUT2D eigenvalue weighted by Crippen LogP contribution is -2.44. The molecular formula is C22H21NO6. The van der Waals surface area contributed by atoms with Gasteiger partial charge in [0.2, 0.25) is 5.91 Å². The molecule has 3 rings (SSSR count). The molecule has 0 bridgehead atoms. The molecule has 2 amide bonds. The Hall–Kier alpha value is -3.48. The number of esters is 1. The standard InChI is InChI=1S/C22H21NO6/c1-15-7-9-17(10-8-15)19(24)14-28-21(26)18-11-12-20(25)23(18)22(27)29-13-16-5-3-2-4-6-16/h2-10,18H,11-14H2,1H3/t18-/m0/s1. The summed E-state index contributed by atoms with van der Waals surface area (Å²) >= 11 is 0. The van der Waals surface area contributed by atoms with Gasteiger partial charge in [-0.15, -0.1) is 0 Å². The molecule has 1 saturated heterocycles. The van der Waals surface area contributed by atoms with Gasteiger partial charge in [0.15, 0.2) is 12.4 Å². The van der Waals surface area contributed by atoms with E-state index in [0.717, 1.165) is 16.0 Å². The van der Waals surface area contributed by atoms with Crippen LogP contribution in [0.3, 0.4) is 0 Å². The molecule has 0 aromatic heterocycles. The number of benzene rings is 2. The van der Waals surface area contributed by atoms with Crippen LogP contribution in [0, 0.1) is 6.92 Å². The van der Waals surface area contributed by atoms with E-state index in [0.29, 0.717) is 5.56 Å². The van der Waals surface area contributed by atoms with Gasteiger partial charge >= 0.3 is 12.1 Å². The van der Waals surface area contributed by atoms with Crippen LogP contribution in [0.4, 0.5) is 4.79 Å². The molecule has 2 aromatic rings. The molecule has 0 unspecified atom stereocenters. The number of imide groups is 1. The third kappa shape index (κ3) is 5.07. The largest absolute Gasteiger partial charge is 0.456 e. The van der Waals surface area contributed by atoms with E-state index in [-0.39, 0.29) is 25.2 Å². The van der Waals surface area contributed by atoms with Gasteiger partial charge in [-0.3, -0.25) is 9.59 Å². The number of nitrogens with zero attached hydrogens (tertiary/aromatic N) is 1. The van der Waals surface area contributed by atoms with Crippen molar-refractivity contribution < 1.29 is 28.7 Å². The summed E-state index contributed by atoms with van der Waals surface area (Å²) < 4.78 is 10.2. The second-order valence-corrected chi connectivity index (χ2v) is 6.76. The number of amides is 2. The van der Waals surface area contributed by atoms with Crippen molar-refractivity contribution in [2.75, 3.05) is 6.61 Å². The number of rotatable bonds is 6. The zero-order chi connectivity index (χ0) is 20.8. The molecule has 1 fully saturated rings. The number of ether oxygens (including phenoxy) is 2. The van der Waals surface area contributed by atoms with Crippen LogP contribution in [-0.2, 0) is 25.7 Å². The van der Waals surface area contributed by atoms with Crippen LogP contribution in [0.5, 0.6) is 0 Å². The lowest BCUT2D eigenvalue weighted by molar-refractivity contribution is -0.149. The van der Waals surface area contributed by atoms with Crippen molar-refractivity contribution in [3.63, 3.8) is 0 Å². The Morgan fingerprint density at radius 2 is 1.69 bits per heavy atom. The van der Waals surface area contributed by atoms with E-state index >= 15 is 0 Å². The molecule has 150 valence electrons. The lowest BCUT2D eigenvalue weighted by atomic mass is 10.1. The highest BCUT2D eigenvalue weighted by Gasteiger charge is 2.42. The van der Waals surface area contributed by atoms with Crippen LogP contribution < -0.4 is 0 Å². The van der Waals surface area contributed by atoms with Crippen molar-refractivity contribution in [3.8, 4) is 0 Å². The lowest BCUT2D eigenvalue weighted by Gasteiger charge is -2.21. The topological polar surface area (TPSA) is 90.0 Å². The highest BCUT2D eigenvalue weighted by atomic mass is 16.6. The van der Waals surface area contributed by atoms with E-state index in [1.165, 1.54) is 0 Å². The van der Waals surface area contributed by atoms with Gasteiger partial charge in [-0.2, -0.15) is 0 Å². The molecule has 7 heteroatoms. The van der Waals surface area contributed by atoms with Crippen molar-refractivity contribution >= 4 is 23.8 Å². The van der Waals surface area contributed by atoms with Crippen LogP contribution in [0.2, 0.25) is 0 Å². The summed E-state index contributed by atoms with van der Waals surface area (Å²) in [5, 5.41) is 0. The van der Waals surface area contributed by atoms with Gasteiger partial charge in [-0.05, 0) is 18.9 Å². The predicted octanol–water partition coefficient (Wildman–Crippen LogP) is 3.05. The summed E-state index contributed by atoms with van der Waals surface area (Å²) in [5.41, 5.74) is 2.19. The Kier molecular flexibility index (Phi) is 6.39. The van der Waals surface area contributed by atoms with Gasteiger partial charge in [-0.25, -0.2) is 14.5 Å². The fourth-order valence-corrected chi connectivity index (χ4v) is 2.98. The van der Waals surface area contributed by atoms with Gasteiger partial charge in [-0.1, -0.05) is 60.2 Å². The minimum Gasteiger partial charge on any atom is -0.456 e. The number of aryl methyl sites for hydroxylation is 1. The molecular weight excluding hydrogens is 374 g/mol. The quantitative estimate of drug-likeness (QED) is 0.552. The Labute approximate surface area is 168 Å². The van der Waals surface area contributed by atoms with Crippen LogP contribution in [0.25, 0.3) is 0 Å². The van der Waals surface area contributed by atoms with Crippen molar-refractivity contribution in [1.29, 1.82) is 0 Å². The Bertz CT molecular complexity index is 907. The van der Waals surface area contributed by atoms with Crippen molar-refractivity contribution in [2.45, 2.75) is 32.4 Å². The second kappa shape index (κ2) is 9.14. The molecule has 0 saturated carbocycles. The van der Waals surface area contributed by atoms with Gasteiger partial charge < -0.3 is 9.47 Å². The Morgan fingerprint density at radius 3 is 2.38 bits per heavy atom. The maximum atomic E-state index is 12.4. The van der Waals surface area contributed by atoms with E-state index in [1.54, 1.807) is 48.5 Å². The minimum atomic E-state index is -1.09. The van der Waals surface area contributed by atoms with Crippen LogP contribution in [0.15, 0.2) is 54.6 Å². The van der Waals surface area contributed by atoms with Crippen molar-refractivity contribution in [1.82, 2.24) is 4.90 Å². The Balaban J connectivity index is 1.57. The SMILES string of the molecule is Cc1ccc(C(=O)COC(=O)[C@@H]2CCC(=O)N2C(=O)OCc2ccccc2)cc1. The Morgan fingerprint density at radius 1 is 1.00 bits per heavy atom. The molecule has 1 aliphatic heterocycles. The maximum Gasteiger partial charge on any atom is 0.417 e.